The van der Waals surface area contributed by atoms with Gasteiger partial charge in [-0.1, -0.05) is 41.0 Å². The fourth-order valence-electron chi connectivity index (χ4n) is 4.08. The van der Waals surface area contributed by atoms with Gasteiger partial charge in [0.2, 0.25) is 0 Å². The van der Waals surface area contributed by atoms with E-state index < -0.39 is 0 Å². The molecule has 0 aromatic rings. The van der Waals surface area contributed by atoms with Gasteiger partial charge in [-0.25, -0.2) is 0 Å². The van der Waals surface area contributed by atoms with Gasteiger partial charge in [0.1, 0.15) is 0 Å². The van der Waals surface area contributed by atoms with Crippen molar-refractivity contribution in [2.45, 2.75) is 98.2 Å². The minimum Gasteiger partial charge on any atom is -0.393 e. The third-order valence-electron chi connectivity index (χ3n) is 6.04. The second-order valence-corrected chi connectivity index (χ2v) is 8.97. The Morgan fingerprint density at radius 3 is 1.86 bits per heavy atom. The number of aliphatic hydroxyl groups excluding tert-OH is 1. The summed E-state index contributed by atoms with van der Waals surface area (Å²) in [5, 5.41) is 19.4. The van der Waals surface area contributed by atoms with E-state index in [1.807, 2.05) is 6.92 Å². The van der Waals surface area contributed by atoms with Crippen LogP contribution in [-0.2, 0) is 0 Å². The Balaban J connectivity index is 0.000000220. The second kappa shape index (κ2) is 8.68. The van der Waals surface area contributed by atoms with E-state index in [9.17, 15) is 10.2 Å². The van der Waals surface area contributed by atoms with Crippen molar-refractivity contribution in [3.8, 4) is 0 Å². The number of hydrogen-bond donors (Lipinski definition) is 2. The maximum absolute atomic E-state index is 9.71. The summed E-state index contributed by atoms with van der Waals surface area (Å²) in [6, 6.07) is 0. The fraction of sp³-hybridized carbons (Fsp3) is 1.00. The molecule has 3 unspecified atom stereocenters. The van der Waals surface area contributed by atoms with E-state index in [4.69, 9.17) is 0 Å². The molecule has 2 aliphatic carbocycles. The third kappa shape index (κ3) is 6.58. The van der Waals surface area contributed by atoms with Gasteiger partial charge < -0.3 is 10.2 Å². The monoisotopic (exact) mass is 312 g/mol. The molecule has 2 saturated carbocycles. The first kappa shape index (κ1) is 20.0. The molecule has 0 spiro atoms. The zero-order valence-electron chi connectivity index (χ0n) is 15.8. The Hall–Kier alpha value is -0.0800. The highest BCUT2D eigenvalue weighted by Crippen LogP contribution is 2.35. The molecule has 2 aliphatic rings. The molecule has 0 aromatic carbocycles. The van der Waals surface area contributed by atoms with E-state index in [1.165, 1.54) is 25.7 Å². The predicted octanol–water partition coefficient (Wildman–Crippen LogP) is 5.02. The van der Waals surface area contributed by atoms with Gasteiger partial charge >= 0.3 is 0 Å². The van der Waals surface area contributed by atoms with Crippen LogP contribution in [0.25, 0.3) is 0 Å². The molecule has 2 fully saturated rings. The molecule has 0 heterocycles. The molecule has 0 radical (unpaired) electrons. The Morgan fingerprint density at radius 1 is 0.909 bits per heavy atom. The van der Waals surface area contributed by atoms with Crippen LogP contribution in [-0.4, -0.2) is 21.9 Å². The zero-order valence-corrected chi connectivity index (χ0v) is 15.8. The van der Waals surface area contributed by atoms with Crippen LogP contribution < -0.4 is 0 Å². The van der Waals surface area contributed by atoms with Crippen LogP contribution in [0.2, 0.25) is 0 Å². The van der Waals surface area contributed by atoms with E-state index in [2.05, 4.69) is 34.6 Å². The topological polar surface area (TPSA) is 40.5 Å². The highest BCUT2D eigenvalue weighted by Gasteiger charge is 2.30. The van der Waals surface area contributed by atoms with Gasteiger partial charge in [0, 0.05) is 0 Å². The van der Waals surface area contributed by atoms with Gasteiger partial charge in [-0.3, -0.25) is 0 Å². The van der Waals surface area contributed by atoms with Crippen LogP contribution in [0.15, 0.2) is 0 Å². The average Bonchev–Trinajstić information content (AvgIpc) is 2.38. The van der Waals surface area contributed by atoms with Crippen LogP contribution in [0.3, 0.4) is 0 Å². The van der Waals surface area contributed by atoms with Gasteiger partial charge in [-0.2, -0.15) is 0 Å². The Morgan fingerprint density at radius 2 is 1.45 bits per heavy atom. The van der Waals surface area contributed by atoms with E-state index in [-0.39, 0.29) is 11.7 Å². The van der Waals surface area contributed by atoms with Gasteiger partial charge in [-0.05, 0) is 75.0 Å². The van der Waals surface area contributed by atoms with Gasteiger partial charge in [-0.15, -0.1) is 0 Å². The summed E-state index contributed by atoms with van der Waals surface area (Å²) >= 11 is 0. The zero-order chi connectivity index (χ0) is 16.9. The molecule has 0 bridgehead atoms. The van der Waals surface area contributed by atoms with Crippen molar-refractivity contribution in [3.63, 3.8) is 0 Å². The molecule has 0 aromatic heterocycles. The Bertz CT molecular complexity index is 299. The summed E-state index contributed by atoms with van der Waals surface area (Å²) in [4.78, 5) is 0. The van der Waals surface area contributed by atoms with E-state index in [1.54, 1.807) is 0 Å². The molecule has 0 saturated heterocycles. The number of aliphatic hydroxyl groups is 2. The van der Waals surface area contributed by atoms with Crippen LogP contribution in [0.4, 0.5) is 0 Å². The average molecular weight is 313 g/mol. The van der Waals surface area contributed by atoms with Crippen molar-refractivity contribution >= 4 is 0 Å². The highest BCUT2D eigenvalue weighted by atomic mass is 16.3. The molecular weight excluding hydrogens is 272 g/mol. The lowest BCUT2D eigenvalue weighted by Crippen LogP contribution is -2.31. The van der Waals surface area contributed by atoms with Crippen molar-refractivity contribution in [1.82, 2.24) is 0 Å². The quantitative estimate of drug-likeness (QED) is 0.751. The summed E-state index contributed by atoms with van der Waals surface area (Å²) in [6.45, 7) is 13.2. The largest absolute Gasteiger partial charge is 0.393 e. The molecule has 2 rings (SSSR count). The maximum atomic E-state index is 9.71. The number of rotatable bonds is 2. The van der Waals surface area contributed by atoms with E-state index >= 15 is 0 Å². The predicted molar refractivity (Wildman–Crippen MR) is 94.8 cm³/mol. The van der Waals surface area contributed by atoms with Crippen molar-refractivity contribution in [1.29, 1.82) is 0 Å². The number of hydrogen-bond acceptors (Lipinski definition) is 2. The first-order valence-electron chi connectivity index (χ1n) is 9.53. The van der Waals surface area contributed by atoms with Crippen LogP contribution in [0.1, 0.15) is 86.5 Å². The smallest absolute Gasteiger partial charge is 0.0620 e. The molecule has 2 heteroatoms. The Kier molecular flexibility index (Phi) is 7.88. The molecule has 2 nitrogen and oxygen atoms in total. The molecule has 22 heavy (non-hydrogen) atoms. The minimum atomic E-state index is -0.356. The Labute approximate surface area is 138 Å². The second-order valence-electron chi connectivity index (χ2n) is 8.97. The van der Waals surface area contributed by atoms with Crippen molar-refractivity contribution in [2.75, 3.05) is 0 Å². The van der Waals surface area contributed by atoms with Crippen LogP contribution >= 0.6 is 0 Å². The lowest BCUT2D eigenvalue weighted by molar-refractivity contribution is 0.00161. The highest BCUT2D eigenvalue weighted by molar-refractivity contribution is 4.82. The lowest BCUT2D eigenvalue weighted by atomic mass is 9.75. The van der Waals surface area contributed by atoms with Crippen LogP contribution in [0.5, 0.6) is 0 Å². The summed E-state index contributed by atoms with van der Waals surface area (Å²) in [6.07, 6.45) is 7.93. The third-order valence-corrected chi connectivity index (χ3v) is 6.04. The minimum absolute atomic E-state index is 0.0289. The van der Waals surface area contributed by atoms with Crippen molar-refractivity contribution in [3.05, 3.63) is 0 Å². The van der Waals surface area contributed by atoms with Gasteiger partial charge in [0.25, 0.3) is 0 Å². The van der Waals surface area contributed by atoms with E-state index in [0.29, 0.717) is 11.8 Å². The lowest BCUT2D eigenvalue weighted by Gasteiger charge is -2.34. The summed E-state index contributed by atoms with van der Waals surface area (Å²) in [5.41, 5.74) is -0.356. The molecule has 0 aliphatic heterocycles. The van der Waals surface area contributed by atoms with Crippen LogP contribution in [0, 0.1) is 29.6 Å². The van der Waals surface area contributed by atoms with Gasteiger partial charge in [0.15, 0.2) is 0 Å². The standard InChI is InChI=1S/2C10H20O/c1-8(2)9-4-6-10(3,11)7-5-9;1-7(2)9-5-4-8(3)6-10(9)11/h8-9,11H,4-7H2,1-3H3;7-11H,4-6H2,1-3H3. The molecule has 3 atom stereocenters. The first-order chi connectivity index (χ1) is 10.1. The maximum Gasteiger partial charge on any atom is 0.0620 e. The molecule has 2 N–H and O–H groups in total. The normalized spacial score (nSPS) is 39.5. The van der Waals surface area contributed by atoms with E-state index in [0.717, 1.165) is 37.0 Å². The van der Waals surface area contributed by atoms with Crippen molar-refractivity contribution < 1.29 is 10.2 Å². The van der Waals surface area contributed by atoms with Crippen molar-refractivity contribution in [2.24, 2.45) is 29.6 Å². The van der Waals surface area contributed by atoms with Gasteiger partial charge in [0.05, 0.1) is 11.7 Å². The summed E-state index contributed by atoms with van der Waals surface area (Å²) in [7, 11) is 0. The fourth-order valence-corrected chi connectivity index (χ4v) is 4.08. The SMILES string of the molecule is CC(C)C1CCC(C)(O)CC1.CC1CCC(C(C)C)C(O)C1. The first-order valence-corrected chi connectivity index (χ1v) is 9.53. The summed E-state index contributed by atoms with van der Waals surface area (Å²) in [5.74, 6) is 3.60. The molecule has 0 amide bonds. The molecule has 132 valence electrons. The summed E-state index contributed by atoms with van der Waals surface area (Å²) < 4.78 is 0. The molecular formula is C20H40O2.